The van der Waals surface area contributed by atoms with Crippen molar-refractivity contribution >= 4 is 17.4 Å². The molecular weight excluding hydrogens is 336 g/mol. The Morgan fingerprint density at radius 3 is 2.30 bits per heavy atom. The second kappa shape index (κ2) is 8.85. The molecule has 4 heteroatoms. The average Bonchev–Trinajstić information content (AvgIpc) is 3.22. The van der Waals surface area contributed by atoms with E-state index in [1.807, 2.05) is 32.0 Å². The third-order valence-corrected chi connectivity index (χ3v) is 5.31. The van der Waals surface area contributed by atoms with Gasteiger partial charge in [0.05, 0.1) is 0 Å². The first-order valence-corrected chi connectivity index (χ1v) is 9.74. The van der Waals surface area contributed by atoms with Gasteiger partial charge in [0.2, 0.25) is 5.91 Å². The Kier molecular flexibility index (Phi) is 6.28. The van der Waals surface area contributed by atoms with Gasteiger partial charge in [-0.2, -0.15) is 0 Å². The molecule has 2 aromatic rings. The van der Waals surface area contributed by atoms with E-state index in [2.05, 4.69) is 34.5 Å². The van der Waals surface area contributed by atoms with Crippen LogP contribution in [0, 0.1) is 13.8 Å². The fraction of sp³-hybridized carbons (Fsp3) is 0.391. The molecule has 142 valence electrons. The number of aryl methyl sites for hydroxylation is 2. The molecule has 0 spiro atoms. The molecule has 0 aromatic heterocycles. The van der Waals surface area contributed by atoms with Crippen LogP contribution in [0.4, 0.5) is 5.69 Å². The summed E-state index contributed by atoms with van der Waals surface area (Å²) in [6.07, 6.45) is 2.98. The van der Waals surface area contributed by atoms with E-state index in [1.165, 1.54) is 24.1 Å². The van der Waals surface area contributed by atoms with E-state index in [-0.39, 0.29) is 24.5 Å². The van der Waals surface area contributed by atoms with Gasteiger partial charge in [-0.15, -0.1) is 0 Å². The van der Waals surface area contributed by atoms with E-state index in [0.717, 1.165) is 24.2 Å². The molecule has 1 N–H and O–H groups in total. The van der Waals surface area contributed by atoms with E-state index < -0.39 is 0 Å². The van der Waals surface area contributed by atoms with Crippen molar-refractivity contribution in [2.24, 2.45) is 0 Å². The highest BCUT2D eigenvalue weighted by molar-refractivity contribution is 5.98. The molecule has 1 fully saturated rings. The number of ketones is 1. The first kappa shape index (κ1) is 19.2. The number of hydrogen-bond donors (Lipinski definition) is 1. The molecule has 4 nitrogen and oxygen atoms in total. The number of Topliss-reactive ketones (excluding diaryl/α,β-unsaturated/α-hetero) is 1. The van der Waals surface area contributed by atoms with Crippen molar-refractivity contribution in [1.29, 1.82) is 0 Å². The normalized spacial score (nSPS) is 13.6. The van der Waals surface area contributed by atoms with Crippen molar-refractivity contribution in [1.82, 2.24) is 5.32 Å². The first-order valence-electron chi connectivity index (χ1n) is 9.74. The molecule has 1 aliphatic rings. The van der Waals surface area contributed by atoms with Crippen LogP contribution in [-0.2, 0) is 11.3 Å². The first-order chi connectivity index (χ1) is 13.0. The Bertz CT molecular complexity index is 806. The second-order valence-corrected chi connectivity index (χ2v) is 7.36. The molecule has 0 radical (unpaired) electrons. The summed E-state index contributed by atoms with van der Waals surface area (Å²) in [7, 11) is 0. The van der Waals surface area contributed by atoms with Gasteiger partial charge in [-0.3, -0.25) is 9.59 Å². The maximum Gasteiger partial charge on any atom is 0.220 e. The van der Waals surface area contributed by atoms with Gasteiger partial charge < -0.3 is 10.2 Å². The fourth-order valence-corrected chi connectivity index (χ4v) is 3.38. The number of hydrogen-bond acceptors (Lipinski definition) is 3. The second-order valence-electron chi connectivity index (χ2n) is 7.36. The monoisotopic (exact) mass is 364 g/mol. The van der Waals surface area contributed by atoms with Crippen LogP contribution in [0.1, 0.15) is 52.7 Å². The summed E-state index contributed by atoms with van der Waals surface area (Å²) in [6, 6.07) is 14.1. The third-order valence-electron chi connectivity index (χ3n) is 5.31. The lowest BCUT2D eigenvalue weighted by atomic mass is 10.0. The topological polar surface area (TPSA) is 49.4 Å². The lowest BCUT2D eigenvalue weighted by molar-refractivity contribution is -0.121. The number of rotatable bonds is 7. The van der Waals surface area contributed by atoms with Crippen molar-refractivity contribution < 1.29 is 9.59 Å². The summed E-state index contributed by atoms with van der Waals surface area (Å²) in [4.78, 5) is 26.7. The molecule has 0 atom stereocenters. The molecule has 27 heavy (non-hydrogen) atoms. The van der Waals surface area contributed by atoms with Crippen LogP contribution in [0.5, 0.6) is 0 Å². The fourth-order valence-electron chi connectivity index (χ4n) is 3.38. The lowest BCUT2D eigenvalue weighted by Crippen LogP contribution is -2.23. The number of benzene rings is 2. The minimum absolute atomic E-state index is 0.0169. The molecule has 1 saturated heterocycles. The third kappa shape index (κ3) is 5.19. The zero-order chi connectivity index (χ0) is 19.2. The van der Waals surface area contributed by atoms with Crippen LogP contribution < -0.4 is 10.2 Å². The van der Waals surface area contributed by atoms with Gasteiger partial charge in [-0.05, 0) is 61.6 Å². The molecule has 1 aliphatic heterocycles. The van der Waals surface area contributed by atoms with E-state index in [1.54, 1.807) is 0 Å². The number of nitrogens with zero attached hydrogens (tertiary/aromatic N) is 1. The Morgan fingerprint density at radius 1 is 0.926 bits per heavy atom. The van der Waals surface area contributed by atoms with Crippen molar-refractivity contribution in [3.63, 3.8) is 0 Å². The highest BCUT2D eigenvalue weighted by atomic mass is 16.2. The van der Waals surface area contributed by atoms with Crippen LogP contribution in [-0.4, -0.2) is 24.8 Å². The molecule has 0 saturated carbocycles. The zero-order valence-corrected chi connectivity index (χ0v) is 16.3. The summed E-state index contributed by atoms with van der Waals surface area (Å²) in [6.45, 7) is 6.77. The van der Waals surface area contributed by atoms with E-state index in [0.29, 0.717) is 12.1 Å². The van der Waals surface area contributed by atoms with Crippen LogP contribution in [0.2, 0.25) is 0 Å². The Balaban J connectivity index is 1.43. The Hall–Kier alpha value is -2.62. The molecule has 0 aliphatic carbocycles. The van der Waals surface area contributed by atoms with E-state index in [9.17, 15) is 9.59 Å². The number of anilines is 1. The summed E-state index contributed by atoms with van der Waals surface area (Å²) >= 11 is 0. The van der Waals surface area contributed by atoms with Gasteiger partial charge in [0.15, 0.2) is 5.78 Å². The van der Waals surface area contributed by atoms with Crippen LogP contribution in [0.25, 0.3) is 0 Å². The number of carbonyl (C=O) groups is 2. The predicted molar refractivity (Wildman–Crippen MR) is 109 cm³/mol. The van der Waals surface area contributed by atoms with Crippen molar-refractivity contribution in [3.05, 3.63) is 64.7 Å². The Morgan fingerprint density at radius 2 is 1.63 bits per heavy atom. The zero-order valence-electron chi connectivity index (χ0n) is 16.3. The van der Waals surface area contributed by atoms with E-state index in [4.69, 9.17) is 0 Å². The highest BCUT2D eigenvalue weighted by Crippen LogP contribution is 2.20. The molecule has 0 bridgehead atoms. The maximum absolute atomic E-state index is 12.3. The molecule has 2 aromatic carbocycles. The quantitative estimate of drug-likeness (QED) is 0.750. The van der Waals surface area contributed by atoms with Gasteiger partial charge >= 0.3 is 0 Å². The average molecular weight is 364 g/mol. The minimum atomic E-state index is -0.0872. The van der Waals surface area contributed by atoms with Crippen LogP contribution in [0.3, 0.4) is 0 Å². The smallest absolute Gasteiger partial charge is 0.220 e. The minimum Gasteiger partial charge on any atom is -0.372 e. The summed E-state index contributed by atoms with van der Waals surface area (Å²) in [5, 5.41) is 2.91. The van der Waals surface area contributed by atoms with Gasteiger partial charge in [0.1, 0.15) is 0 Å². The van der Waals surface area contributed by atoms with Crippen molar-refractivity contribution in [2.45, 2.75) is 46.1 Å². The summed E-state index contributed by atoms with van der Waals surface area (Å²) < 4.78 is 0. The predicted octanol–water partition coefficient (Wildman–Crippen LogP) is 4.18. The van der Waals surface area contributed by atoms with Gasteiger partial charge in [-0.1, -0.05) is 24.3 Å². The highest BCUT2D eigenvalue weighted by Gasteiger charge is 2.12. The standard InChI is InChI=1S/C23H28N2O2/c1-17-5-8-20(15-18(17)2)22(26)11-12-23(27)24-16-19-6-9-21(10-7-19)25-13-3-4-14-25/h5-10,15H,3-4,11-14,16H2,1-2H3,(H,24,27). The molecule has 0 unspecified atom stereocenters. The van der Waals surface area contributed by atoms with Crippen LogP contribution >= 0.6 is 0 Å². The largest absolute Gasteiger partial charge is 0.372 e. The van der Waals surface area contributed by atoms with E-state index >= 15 is 0 Å². The Labute approximate surface area is 161 Å². The van der Waals surface area contributed by atoms with Crippen LogP contribution in [0.15, 0.2) is 42.5 Å². The number of amides is 1. The SMILES string of the molecule is Cc1ccc(C(=O)CCC(=O)NCc2ccc(N3CCCC3)cc2)cc1C. The van der Waals surface area contributed by atoms with Gasteiger partial charge in [0.25, 0.3) is 0 Å². The van der Waals surface area contributed by atoms with Gasteiger partial charge in [0, 0.05) is 43.7 Å². The van der Waals surface area contributed by atoms with Crippen molar-refractivity contribution in [2.75, 3.05) is 18.0 Å². The molecule has 1 amide bonds. The molecule has 1 heterocycles. The number of carbonyl (C=O) groups excluding carboxylic acids is 2. The van der Waals surface area contributed by atoms with Gasteiger partial charge in [-0.25, -0.2) is 0 Å². The van der Waals surface area contributed by atoms with Crippen molar-refractivity contribution in [3.8, 4) is 0 Å². The maximum atomic E-state index is 12.3. The summed E-state index contributed by atoms with van der Waals surface area (Å²) in [5.41, 5.74) is 5.28. The molecular formula is C23H28N2O2. The lowest BCUT2D eigenvalue weighted by Gasteiger charge is -2.17. The number of nitrogens with one attached hydrogen (secondary N) is 1. The summed E-state index contributed by atoms with van der Waals surface area (Å²) in [5.74, 6) is -0.0704. The molecule has 3 rings (SSSR count).